The SMILES string of the molecule is C[NH+]1CCC=C(c2nsnc2SCCCCCSc2nsnc2C2=CCC[NH+](C)C2)C1.[Cl-].[Cl-]. The van der Waals surface area contributed by atoms with Crippen LogP contribution in [0.1, 0.15) is 43.5 Å². The Morgan fingerprint density at radius 1 is 0.727 bits per heavy atom. The van der Waals surface area contributed by atoms with Crippen molar-refractivity contribution in [1.29, 1.82) is 0 Å². The number of likely N-dealkylation sites (N-methyl/N-ethyl adjacent to an activating group) is 2. The van der Waals surface area contributed by atoms with Gasteiger partial charge in [0.25, 0.3) is 0 Å². The van der Waals surface area contributed by atoms with E-state index in [9.17, 15) is 0 Å². The minimum Gasteiger partial charge on any atom is -1.00 e. The fourth-order valence-electron chi connectivity index (χ4n) is 3.98. The van der Waals surface area contributed by atoms with Gasteiger partial charge in [-0.3, -0.25) is 0 Å². The minimum atomic E-state index is 0. The molecule has 0 bridgehead atoms. The Kier molecular flexibility index (Phi) is 13.2. The summed E-state index contributed by atoms with van der Waals surface area (Å²) in [7, 11) is 4.52. The van der Waals surface area contributed by atoms with Crippen molar-refractivity contribution in [2.24, 2.45) is 0 Å². The molecule has 0 aliphatic carbocycles. The van der Waals surface area contributed by atoms with E-state index in [1.807, 2.05) is 23.5 Å². The third kappa shape index (κ3) is 8.45. The molecular formula is C21H32Cl2N6S4. The highest BCUT2D eigenvalue weighted by Crippen LogP contribution is 2.29. The predicted octanol–water partition coefficient (Wildman–Crippen LogP) is -3.94. The molecule has 4 rings (SSSR count). The van der Waals surface area contributed by atoms with Crippen molar-refractivity contribution in [3.8, 4) is 0 Å². The molecule has 2 N–H and O–H groups in total. The lowest BCUT2D eigenvalue weighted by Crippen LogP contribution is -3.09. The summed E-state index contributed by atoms with van der Waals surface area (Å²) in [6, 6.07) is 0. The molecule has 33 heavy (non-hydrogen) atoms. The zero-order chi connectivity index (χ0) is 21.5. The normalized spacial score (nSPS) is 20.4. The lowest BCUT2D eigenvalue weighted by atomic mass is 10.1. The maximum absolute atomic E-state index is 4.59. The van der Waals surface area contributed by atoms with Gasteiger partial charge in [0.15, 0.2) is 0 Å². The van der Waals surface area contributed by atoms with E-state index in [1.165, 1.54) is 67.0 Å². The van der Waals surface area contributed by atoms with Crippen molar-refractivity contribution in [1.82, 2.24) is 17.5 Å². The van der Waals surface area contributed by atoms with E-state index in [-0.39, 0.29) is 24.8 Å². The zero-order valence-corrected chi connectivity index (χ0v) is 23.9. The van der Waals surface area contributed by atoms with Crippen molar-refractivity contribution in [3.05, 3.63) is 23.5 Å². The Morgan fingerprint density at radius 3 is 1.61 bits per heavy atom. The van der Waals surface area contributed by atoms with E-state index in [0.717, 1.165) is 58.9 Å². The fraction of sp³-hybridized carbons (Fsp3) is 0.619. The van der Waals surface area contributed by atoms with Crippen molar-refractivity contribution in [2.45, 2.75) is 42.2 Å². The minimum absolute atomic E-state index is 0. The van der Waals surface area contributed by atoms with E-state index < -0.39 is 0 Å². The van der Waals surface area contributed by atoms with Crippen molar-refractivity contribution in [2.75, 3.05) is 51.8 Å². The average Bonchev–Trinajstić information content (AvgIpc) is 3.42. The van der Waals surface area contributed by atoms with Gasteiger partial charge >= 0.3 is 0 Å². The number of rotatable bonds is 10. The van der Waals surface area contributed by atoms with Crippen LogP contribution in [0, 0.1) is 0 Å². The quantitative estimate of drug-likeness (QED) is 0.226. The molecule has 184 valence electrons. The van der Waals surface area contributed by atoms with Crippen LogP contribution in [0.3, 0.4) is 0 Å². The van der Waals surface area contributed by atoms with Crippen molar-refractivity contribution >= 4 is 58.1 Å². The fourth-order valence-corrected chi connectivity index (χ4v) is 7.40. The van der Waals surface area contributed by atoms with Crippen LogP contribution < -0.4 is 34.6 Å². The van der Waals surface area contributed by atoms with Crippen LogP contribution >= 0.6 is 47.0 Å². The molecule has 0 aromatic carbocycles. The molecule has 2 atom stereocenters. The van der Waals surface area contributed by atoms with Gasteiger partial charge < -0.3 is 34.6 Å². The maximum Gasteiger partial charge on any atom is 0.138 e. The molecule has 6 nitrogen and oxygen atoms in total. The molecule has 2 aromatic heterocycles. The van der Waals surface area contributed by atoms with Crippen molar-refractivity contribution < 1.29 is 34.6 Å². The average molecular weight is 568 g/mol. The van der Waals surface area contributed by atoms with Gasteiger partial charge in [0, 0.05) is 24.0 Å². The summed E-state index contributed by atoms with van der Waals surface area (Å²) in [5, 5.41) is 2.26. The van der Waals surface area contributed by atoms with Crippen LogP contribution in [0.25, 0.3) is 11.1 Å². The molecule has 0 amide bonds. The largest absolute Gasteiger partial charge is 1.00 e. The summed E-state index contributed by atoms with van der Waals surface area (Å²) < 4.78 is 18.3. The molecule has 0 saturated heterocycles. The molecule has 2 unspecified atom stereocenters. The molecular weight excluding hydrogens is 535 g/mol. The first kappa shape index (κ1) is 29.0. The van der Waals surface area contributed by atoms with Crippen LogP contribution in [0.2, 0.25) is 0 Å². The Labute approximate surface area is 226 Å². The molecule has 0 saturated carbocycles. The van der Waals surface area contributed by atoms with Crippen LogP contribution in [0.4, 0.5) is 0 Å². The second kappa shape index (κ2) is 15.0. The molecule has 0 spiro atoms. The van der Waals surface area contributed by atoms with Gasteiger partial charge in [-0.25, -0.2) is 0 Å². The summed E-state index contributed by atoms with van der Waals surface area (Å²) in [5.41, 5.74) is 5.03. The van der Waals surface area contributed by atoms with E-state index in [4.69, 9.17) is 0 Å². The van der Waals surface area contributed by atoms with Gasteiger partial charge in [0.1, 0.15) is 34.5 Å². The number of unbranched alkanes of at least 4 members (excludes halogenated alkanes) is 2. The summed E-state index contributed by atoms with van der Waals surface area (Å²) >= 11 is 6.46. The topological polar surface area (TPSA) is 60.4 Å². The predicted molar refractivity (Wildman–Crippen MR) is 134 cm³/mol. The molecule has 2 aromatic rings. The first-order chi connectivity index (χ1) is 15.2. The first-order valence-corrected chi connectivity index (χ1v) is 14.6. The van der Waals surface area contributed by atoms with Gasteiger partial charge in [-0.15, -0.1) is 23.5 Å². The van der Waals surface area contributed by atoms with E-state index in [0.29, 0.717) is 0 Å². The highest BCUT2D eigenvalue weighted by molar-refractivity contribution is 7.99. The number of halogens is 2. The van der Waals surface area contributed by atoms with Gasteiger partial charge in [-0.2, -0.15) is 17.5 Å². The Bertz CT molecular complexity index is 844. The maximum atomic E-state index is 4.59. The molecule has 0 fully saturated rings. The van der Waals surface area contributed by atoms with Gasteiger partial charge in [-0.1, -0.05) is 18.6 Å². The summed E-state index contributed by atoms with van der Waals surface area (Å²) in [4.78, 5) is 3.12. The van der Waals surface area contributed by atoms with Crippen LogP contribution in [0.15, 0.2) is 22.2 Å². The number of hydrogen-bond donors (Lipinski definition) is 2. The van der Waals surface area contributed by atoms with Crippen molar-refractivity contribution in [3.63, 3.8) is 0 Å². The summed E-state index contributed by atoms with van der Waals surface area (Å²) in [6.07, 6.45) is 10.7. The van der Waals surface area contributed by atoms with E-state index in [1.54, 1.807) is 9.80 Å². The Morgan fingerprint density at radius 2 is 1.18 bits per heavy atom. The van der Waals surface area contributed by atoms with Gasteiger partial charge in [0.2, 0.25) is 0 Å². The third-order valence-corrected chi connectivity index (χ3v) is 9.09. The molecule has 4 heterocycles. The molecule has 2 aliphatic rings. The monoisotopic (exact) mass is 566 g/mol. The lowest BCUT2D eigenvalue weighted by molar-refractivity contribution is -0.872. The number of nitrogens with zero attached hydrogens (tertiary/aromatic N) is 4. The second-order valence-electron chi connectivity index (χ2n) is 8.40. The first-order valence-electron chi connectivity index (χ1n) is 11.1. The smallest absolute Gasteiger partial charge is 0.138 e. The number of nitrogens with one attached hydrogen (secondary N) is 2. The Balaban J connectivity index is 0.00000193. The number of hydrogen-bond acceptors (Lipinski definition) is 8. The van der Waals surface area contributed by atoms with Gasteiger partial charge in [0.05, 0.1) is 50.6 Å². The highest BCUT2D eigenvalue weighted by Gasteiger charge is 2.21. The van der Waals surface area contributed by atoms with Gasteiger partial charge in [-0.05, 0) is 24.3 Å². The number of thioether (sulfide) groups is 2. The van der Waals surface area contributed by atoms with Crippen LogP contribution in [-0.2, 0) is 0 Å². The third-order valence-electron chi connectivity index (χ3n) is 5.70. The standard InChI is InChI=1S/C21H30N6S4.2ClH/c1-26-10-6-8-16(14-26)18-20(24-30-22-18)28-12-4-3-5-13-29-21-19(23-31-25-21)17-9-7-11-27(2)15-17;;/h8-9H,3-7,10-15H2,1-2H3;2*1H. The van der Waals surface area contributed by atoms with E-state index in [2.05, 4.69) is 43.7 Å². The van der Waals surface area contributed by atoms with Crippen LogP contribution in [-0.4, -0.2) is 69.3 Å². The van der Waals surface area contributed by atoms with E-state index >= 15 is 0 Å². The second-order valence-corrected chi connectivity index (χ2v) is 11.6. The summed E-state index contributed by atoms with van der Waals surface area (Å²) in [6.45, 7) is 4.57. The zero-order valence-electron chi connectivity index (χ0n) is 19.1. The molecule has 0 radical (unpaired) electrons. The number of quaternary nitrogens is 2. The lowest BCUT2D eigenvalue weighted by Gasteiger charge is -2.19. The molecule has 2 aliphatic heterocycles. The van der Waals surface area contributed by atoms with Crippen LogP contribution in [0.5, 0.6) is 0 Å². The highest BCUT2D eigenvalue weighted by atomic mass is 35.5. The Hall–Kier alpha value is -0.200. The molecule has 12 heteroatoms. The number of aromatic nitrogens is 4. The summed E-state index contributed by atoms with van der Waals surface area (Å²) in [5.74, 6) is 2.23.